The summed E-state index contributed by atoms with van der Waals surface area (Å²) < 4.78 is 27.4. The zero-order chi connectivity index (χ0) is 17.7. The van der Waals surface area contributed by atoms with Gasteiger partial charge >= 0.3 is 0 Å². The van der Waals surface area contributed by atoms with Crippen LogP contribution in [0, 0.1) is 0 Å². The van der Waals surface area contributed by atoms with E-state index in [0.717, 1.165) is 9.48 Å². The highest BCUT2D eigenvalue weighted by molar-refractivity contribution is 9.10. The number of carbonyl (C=O) groups excluding carboxylic acids is 1. The Hall–Kier alpha value is -1.36. The first-order valence-corrected chi connectivity index (χ1v) is 10.3. The van der Waals surface area contributed by atoms with Crippen LogP contribution in [0.5, 0.6) is 0 Å². The van der Waals surface area contributed by atoms with Crippen LogP contribution in [-0.2, 0) is 14.8 Å². The van der Waals surface area contributed by atoms with Crippen molar-refractivity contribution >= 4 is 48.3 Å². The van der Waals surface area contributed by atoms with Crippen LogP contribution in [0.1, 0.15) is 31.2 Å². The van der Waals surface area contributed by atoms with Crippen LogP contribution >= 0.6 is 27.3 Å². The fourth-order valence-corrected chi connectivity index (χ4v) is 3.75. The summed E-state index contributed by atoms with van der Waals surface area (Å²) in [7, 11) is -3.63. The fourth-order valence-electron chi connectivity index (χ4n) is 1.70. The Labute approximate surface area is 153 Å². The normalized spacial score (nSPS) is 11.7. The van der Waals surface area contributed by atoms with Gasteiger partial charge in [-0.3, -0.25) is 4.79 Å². The van der Waals surface area contributed by atoms with Crippen LogP contribution in [0.25, 0.3) is 0 Å². The molecule has 0 atom stereocenters. The third kappa shape index (κ3) is 5.33. The molecule has 0 unspecified atom stereocenters. The summed E-state index contributed by atoms with van der Waals surface area (Å²) in [6, 6.07) is 6.26. The van der Waals surface area contributed by atoms with Crippen LogP contribution < -0.4 is 10.0 Å². The number of sulfonamides is 1. The summed E-state index contributed by atoms with van der Waals surface area (Å²) >= 11 is 4.56. The Morgan fingerprint density at radius 2 is 1.92 bits per heavy atom. The fraction of sp³-hybridized carbons (Fsp3) is 0.357. The minimum atomic E-state index is -3.63. The molecule has 2 N–H and O–H groups in total. The molecule has 130 valence electrons. The Kier molecular flexibility index (Phi) is 6.44. The van der Waals surface area contributed by atoms with Gasteiger partial charge in [-0.05, 0) is 24.3 Å². The van der Waals surface area contributed by atoms with Gasteiger partial charge in [-0.25, -0.2) is 13.1 Å². The second kappa shape index (κ2) is 8.15. The van der Waals surface area contributed by atoms with Gasteiger partial charge in [-0.2, -0.15) is 0 Å². The summed E-state index contributed by atoms with van der Waals surface area (Å²) in [6.45, 7) is 3.98. The molecule has 1 heterocycles. The van der Waals surface area contributed by atoms with Gasteiger partial charge in [0.1, 0.15) is 5.01 Å². The van der Waals surface area contributed by atoms with Gasteiger partial charge < -0.3 is 5.32 Å². The van der Waals surface area contributed by atoms with E-state index >= 15 is 0 Å². The molecule has 0 radical (unpaired) electrons. The molecule has 0 saturated heterocycles. The average molecular weight is 433 g/mol. The molecule has 0 fully saturated rings. The summed E-state index contributed by atoms with van der Waals surface area (Å²) in [5.74, 6) is -0.0779. The van der Waals surface area contributed by atoms with Crippen molar-refractivity contribution in [2.45, 2.75) is 31.1 Å². The number of nitrogens with zero attached hydrogens (tertiary/aromatic N) is 2. The molecule has 0 spiro atoms. The van der Waals surface area contributed by atoms with Crippen LogP contribution in [0.3, 0.4) is 0 Å². The average Bonchev–Trinajstić information content (AvgIpc) is 2.96. The largest absolute Gasteiger partial charge is 0.300 e. The molecule has 2 rings (SSSR count). The molecular weight excluding hydrogens is 416 g/mol. The molecule has 10 heteroatoms. The molecule has 24 heavy (non-hydrogen) atoms. The van der Waals surface area contributed by atoms with Gasteiger partial charge in [0.15, 0.2) is 0 Å². The smallest absolute Gasteiger partial charge is 0.240 e. The highest BCUT2D eigenvalue weighted by Crippen LogP contribution is 2.22. The number of aromatic nitrogens is 2. The molecule has 0 aliphatic heterocycles. The van der Waals surface area contributed by atoms with Crippen LogP contribution in [0.4, 0.5) is 5.13 Å². The highest BCUT2D eigenvalue weighted by Gasteiger charge is 2.15. The summed E-state index contributed by atoms with van der Waals surface area (Å²) in [5.41, 5.74) is 0. The van der Waals surface area contributed by atoms with E-state index in [0.29, 0.717) is 5.13 Å². The Morgan fingerprint density at radius 3 is 2.50 bits per heavy atom. The lowest BCUT2D eigenvalue weighted by molar-refractivity contribution is -0.116. The lowest BCUT2D eigenvalue weighted by Crippen LogP contribution is -2.27. The number of carbonyl (C=O) groups is 1. The molecular formula is C14H17BrN4O3S2. The maximum Gasteiger partial charge on any atom is 0.240 e. The lowest BCUT2D eigenvalue weighted by Gasteiger charge is -2.06. The molecule has 0 bridgehead atoms. The number of amides is 1. The summed E-state index contributed by atoms with van der Waals surface area (Å²) in [6.07, 6.45) is 0.00630. The van der Waals surface area contributed by atoms with Gasteiger partial charge in [-0.15, -0.1) is 10.2 Å². The summed E-state index contributed by atoms with van der Waals surface area (Å²) in [5, 5.41) is 11.7. The predicted octanol–water partition coefficient (Wildman–Crippen LogP) is 2.73. The minimum Gasteiger partial charge on any atom is -0.300 e. The second-order valence-electron chi connectivity index (χ2n) is 5.25. The van der Waals surface area contributed by atoms with Crippen molar-refractivity contribution in [2.24, 2.45) is 0 Å². The van der Waals surface area contributed by atoms with Gasteiger partial charge in [0.25, 0.3) is 0 Å². The zero-order valence-corrected chi connectivity index (χ0v) is 16.3. The molecule has 0 aliphatic rings. The zero-order valence-electron chi connectivity index (χ0n) is 13.1. The Balaban J connectivity index is 1.84. The van der Waals surface area contributed by atoms with Crippen molar-refractivity contribution < 1.29 is 13.2 Å². The van der Waals surface area contributed by atoms with E-state index in [4.69, 9.17) is 0 Å². The number of hydrogen-bond donors (Lipinski definition) is 2. The maximum absolute atomic E-state index is 12.1. The van der Waals surface area contributed by atoms with Crippen molar-refractivity contribution in [2.75, 3.05) is 11.9 Å². The van der Waals surface area contributed by atoms with Crippen molar-refractivity contribution in [3.63, 3.8) is 0 Å². The van der Waals surface area contributed by atoms with E-state index in [2.05, 4.69) is 36.2 Å². The standard InChI is InChI=1S/C14H17BrN4O3S2/c1-9(2)13-18-19-14(23-13)17-12(20)7-8-16-24(21,22)11-5-3-10(15)4-6-11/h3-6,9,16H,7-8H2,1-2H3,(H,17,19,20). The van der Waals surface area contributed by atoms with Crippen LogP contribution in [0.2, 0.25) is 0 Å². The quantitative estimate of drug-likeness (QED) is 0.699. The highest BCUT2D eigenvalue weighted by atomic mass is 79.9. The van der Waals surface area contributed by atoms with Gasteiger partial charge in [0.05, 0.1) is 4.90 Å². The van der Waals surface area contributed by atoms with Gasteiger partial charge in [0, 0.05) is 23.4 Å². The number of anilines is 1. The van der Waals surface area contributed by atoms with Crippen LogP contribution in [-0.4, -0.2) is 31.1 Å². The monoisotopic (exact) mass is 432 g/mol. The summed E-state index contributed by atoms with van der Waals surface area (Å²) in [4.78, 5) is 12.0. The molecule has 7 nitrogen and oxygen atoms in total. The van der Waals surface area contributed by atoms with E-state index in [1.54, 1.807) is 12.1 Å². The van der Waals surface area contributed by atoms with Crippen molar-refractivity contribution in [3.8, 4) is 0 Å². The predicted molar refractivity (Wildman–Crippen MR) is 96.6 cm³/mol. The number of rotatable bonds is 7. The Morgan fingerprint density at radius 1 is 1.25 bits per heavy atom. The number of halogens is 1. The molecule has 1 aromatic heterocycles. The molecule has 0 saturated carbocycles. The Bertz CT molecular complexity index is 804. The third-order valence-electron chi connectivity index (χ3n) is 2.95. The third-order valence-corrected chi connectivity index (χ3v) is 6.09. The van der Waals surface area contributed by atoms with Crippen LogP contribution in [0.15, 0.2) is 33.6 Å². The van der Waals surface area contributed by atoms with Gasteiger partial charge in [0.2, 0.25) is 21.1 Å². The maximum atomic E-state index is 12.1. The topological polar surface area (TPSA) is 101 Å². The number of benzene rings is 1. The van der Waals surface area contributed by atoms with E-state index in [9.17, 15) is 13.2 Å². The van der Waals surface area contributed by atoms with Crippen molar-refractivity contribution in [1.29, 1.82) is 0 Å². The van der Waals surface area contributed by atoms with Crippen molar-refractivity contribution in [3.05, 3.63) is 33.7 Å². The number of hydrogen-bond acceptors (Lipinski definition) is 6. The SMILES string of the molecule is CC(C)c1nnc(NC(=O)CCNS(=O)(=O)c2ccc(Br)cc2)s1. The molecule has 2 aromatic rings. The first-order valence-electron chi connectivity index (χ1n) is 7.16. The first kappa shape index (κ1) is 19.0. The van der Waals surface area contributed by atoms with E-state index in [1.165, 1.54) is 23.5 Å². The molecule has 1 amide bonds. The van der Waals surface area contributed by atoms with E-state index in [1.807, 2.05) is 13.8 Å². The molecule has 0 aliphatic carbocycles. The van der Waals surface area contributed by atoms with Gasteiger partial charge in [-0.1, -0.05) is 41.1 Å². The van der Waals surface area contributed by atoms with E-state index < -0.39 is 10.0 Å². The first-order chi connectivity index (χ1) is 11.3. The lowest BCUT2D eigenvalue weighted by atomic mass is 10.2. The molecule has 1 aromatic carbocycles. The minimum absolute atomic E-state index is 0.0000715. The van der Waals surface area contributed by atoms with E-state index in [-0.39, 0.29) is 29.7 Å². The second-order valence-corrected chi connectivity index (χ2v) is 8.94. The number of nitrogens with one attached hydrogen (secondary N) is 2. The van der Waals surface area contributed by atoms with Crippen molar-refractivity contribution in [1.82, 2.24) is 14.9 Å².